The Morgan fingerprint density at radius 2 is 1.90 bits per heavy atom. The summed E-state index contributed by atoms with van der Waals surface area (Å²) < 4.78 is 40.5. The molecule has 1 aliphatic heterocycles. The van der Waals surface area contributed by atoms with E-state index in [0.29, 0.717) is 6.07 Å². The fourth-order valence-electron chi connectivity index (χ4n) is 3.11. The van der Waals surface area contributed by atoms with Crippen LogP contribution in [0.2, 0.25) is 0 Å². The van der Waals surface area contributed by atoms with Crippen LogP contribution in [0, 0.1) is 16.2 Å². The lowest BCUT2D eigenvalue weighted by Crippen LogP contribution is -2.31. The maximum absolute atomic E-state index is 13.5. The minimum absolute atomic E-state index is 0.0638. The van der Waals surface area contributed by atoms with Gasteiger partial charge in [-0.1, -0.05) is 6.07 Å². The summed E-state index contributed by atoms with van der Waals surface area (Å²) in [6, 6.07) is 2.64. The third kappa shape index (κ3) is 3.58. The highest BCUT2D eigenvalue weighted by Gasteiger charge is 2.42. The van der Waals surface area contributed by atoms with Gasteiger partial charge >= 0.3 is 6.18 Å². The Hall–Kier alpha value is -3.83. The van der Waals surface area contributed by atoms with Crippen molar-refractivity contribution in [3.05, 3.63) is 35.5 Å². The number of nitrogens with two attached hydrogens (primary N) is 1. The van der Waals surface area contributed by atoms with Crippen LogP contribution in [-0.4, -0.2) is 40.8 Å². The summed E-state index contributed by atoms with van der Waals surface area (Å²) in [7, 11) is 0. The molecule has 1 fully saturated rings. The van der Waals surface area contributed by atoms with E-state index in [9.17, 15) is 22.8 Å². The maximum atomic E-state index is 13.5. The molecule has 2 amide bonds. The highest BCUT2D eigenvalue weighted by Crippen LogP contribution is 2.39. The number of hydrogen-bond donors (Lipinski definition) is 3. The van der Waals surface area contributed by atoms with Gasteiger partial charge in [-0.15, -0.1) is 0 Å². The van der Waals surface area contributed by atoms with Gasteiger partial charge in [-0.2, -0.15) is 18.2 Å². The van der Waals surface area contributed by atoms with Crippen LogP contribution in [0.25, 0.3) is 11.1 Å². The Bertz CT molecular complexity index is 1060. The number of nitrogens with zero attached hydrogens (tertiary/aromatic N) is 3. The molecule has 2 aromatic rings. The SMILES string of the molecule is [NH]C(=O)c1ccc(-c2cnc(N3CC(C=N)(C=N)CC3=O)nc2N)c(C(F)(F)F)c1. The first kappa shape index (κ1) is 20.9. The van der Waals surface area contributed by atoms with Crippen LogP contribution in [0.3, 0.4) is 0 Å². The summed E-state index contributed by atoms with van der Waals surface area (Å²) in [6.07, 6.45) is -1.98. The zero-order chi connectivity index (χ0) is 22.3. The lowest BCUT2D eigenvalue weighted by Gasteiger charge is -2.19. The number of carbonyl (C=O) groups excluding carboxylic acids is 2. The van der Waals surface area contributed by atoms with Gasteiger partial charge in [0.15, 0.2) is 0 Å². The number of benzene rings is 1. The van der Waals surface area contributed by atoms with Crippen LogP contribution in [-0.2, 0) is 11.0 Å². The van der Waals surface area contributed by atoms with E-state index in [1.165, 1.54) is 0 Å². The summed E-state index contributed by atoms with van der Waals surface area (Å²) in [5, 5.41) is 14.9. The average Bonchev–Trinajstić information content (AvgIpc) is 3.04. The number of alkyl halides is 3. The molecule has 1 radical (unpaired) electrons. The second kappa shape index (κ2) is 7.21. The minimum Gasteiger partial charge on any atom is -0.383 e. The topological polar surface area (TPSA) is 161 Å². The normalized spacial score (nSPS) is 19.0. The van der Waals surface area contributed by atoms with Gasteiger partial charge in [0.1, 0.15) is 5.82 Å². The molecule has 2 heterocycles. The number of nitrogen functional groups attached to an aromatic ring is 1. The highest BCUT2D eigenvalue weighted by atomic mass is 19.4. The molecule has 0 saturated carbocycles. The molecule has 0 atom stereocenters. The van der Waals surface area contributed by atoms with Crippen molar-refractivity contribution >= 4 is 36.0 Å². The molecule has 0 aliphatic carbocycles. The molecule has 0 spiro atoms. The van der Waals surface area contributed by atoms with Crippen molar-refractivity contribution in [1.82, 2.24) is 15.7 Å². The van der Waals surface area contributed by atoms with Crippen molar-refractivity contribution in [1.29, 1.82) is 10.8 Å². The van der Waals surface area contributed by atoms with Crippen LogP contribution in [0.15, 0.2) is 24.4 Å². The molecule has 1 saturated heterocycles. The van der Waals surface area contributed by atoms with Crippen LogP contribution < -0.4 is 16.4 Å². The molecule has 9 nitrogen and oxygen atoms in total. The Morgan fingerprint density at radius 1 is 1.23 bits per heavy atom. The van der Waals surface area contributed by atoms with Gasteiger partial charge in [-0.3, -0.25) is 20.2 Å². The monoisotopic (exact) mass is 418 g/mol. The molecular weight excluding hydrogens is 403 g/mol. The van der Waals surface area contributed by atoms with Crippen LogP contribution >= 0.6 is 0 Å². The van der Waals surface area contributed by atoms with Gasteiger partial charge < -0.3 is 16.6 Å². The molecule has 0 bridgehead atoms. The lowest BCUT2D eigenvalue weighted by molar-refractivity contribution is -0.137. The smallest absolute Gasteiger partial charge is 0.383 e. The number of carbonyl (C=O) groups is 2. The van der Waals surface area contributed by atoms with Crippen molar-refractivity contribution in [2.75, 3.05) is 17.2 Å². The fraction of sp³-hybridized carbons (Fsp3) is 0.222. The van der Waals surface area contributed by atoms with Gasteiger partial charge in [-0.25, -0.2) is 4.98 Å². The molecule has 1 aromatic carbocycles. The van der Waals surface area contributed by atoms with E-state index in [1.807, 2.05) is 0 Å². The van der Waals surface area contributed by atoms with Gasteiger partial charge in [-0.05, 0) is 17.7 Å². The highest BCUT2D eigenvalue weighted by molar-refractivity contribution is 6.04. The Labute approximate surface area is 167 Å². The molecule has 0 unspecified atom stereocenters. The first-order valence-corrected chi connectivity index (χ1v) is 8.45. The van der Waals surface area contributed by atoms with E-state index in [-0.39, 0.29) is 35.9 Å². The second-order valence-corrected chi connectivity index (χ2v) is 6.73. The molecule has 30 heavy (non-hydrogen) atoms. The Kier molecular flexibility index (Phi) is 5.02. The number of aromatic nitrogens is 2. The molecule has 1 aliphatic rings. The lowest BCUT2D eigenvalue weighted by atomic mass is 9.90. The van der Waals surface area contributed by atoms with Gasteiger partial charge in [0.2, 0.25) is 11.9 Å². The number of halogens is 3. The predicted octanol–water partition coefficient (Wildman–Crippen LogP) is 2.19. The van der Waals surface area contributed by atoms with Crippen LogP contribution in [0.4, 0.5) is 24.9 Å². The molecule has 12 heteroatoms. The van der Waals surface area contributed by atoms with E-state index >= 15 is 0 Å². The van der Waals surface area contributed by atoms with Crippen LogP contribution in [0.5, 0.6) is 0 Å². The predicted molar refractivity (Wildman–Crippen MR) is 101 cm³/mol. The first-order chi connectivity index (χ1) is 14.0. The summed E-state index contributed by atoms with van der Waals surface area (Å²) >= 11 is 0. The minimum atomic E-state index is -4.83. The standard InChI is InChI=1S/C18H15F3N7O2/c19-18(20,21)12-3-9(15(25)30)1-2-10(12)11-5-26-16(27-14(11)24)28-8-17(6-22,7-23)4-13(28)29/h1-3,5-7,22-23,25H,4,8H2,(H2,24,26,27). The average molecular weight is 418 g/mol. The Balaban J connectivity index is 2.05. The third-order valence-electron chi connectivity index (χ3n) is 4.73. The zero-order valence-electron chi connectivity index (χ0n) is 15.2. The van der Waals surface area contributed by atoms with E-state index in [1.54, 1.807) is 0 Å². The van der Waals surface area contributed by atoms with E-state index < -0.39 is 34.5 Å². The molecular formula is C18H15F3N7O2. The van der Waals surface area contributed by atoms with Gasteiger partial charge in [0.25, 0.3) is 5.91 Å². The summed E-state index contributed by atoms with van der Waals surface area (Å²) in [6.45, 7) is -0.0638. The number of rotatable bonds is 5. The number of hydrogen-bond acceptors (Lipinski definition) is 7. The summed E-state index contributed by atoms with van der Waals surface area (Å²) in [5.41, 5.74) is 9.63. The maximum Gasteiger partial charge on any atom is 0.417 e. The molecule has 3 rings (SSSR count). The number of nitrogens with one attached hydrogen (secondary N) is 3. The van der Waals surface area contributed by atoms with Crippen LogP contribution in [0.1, 0.15) is 22.3 Å². The van der Waals surface area contributed by atoms with E-state index in [2.05, 4.69) is 9.97 Å². The van der Waals surface area contributed by atoms with E-state index in [4.69, 9.17) is 22.3 Å². The molecule has 5 N–H and O–H groups in total. The van der Waals surface area contributed by atoms with Crippen molar-refractivity contribution in [2.45, 2.75) is 12.6 Å². The number of amides is 2. The summed E-state index contributed by atoms with van der Waals surface area (Å²) in [4.78, 5) is 32.4. The summed E-state index contributed by atoms with van der Waals surface area (Å²) in [5.74, 6) is -2.20. The molecule has 1 aromatic heterocycles. The Morgan fingerprint density at radius 3 is 2.40 bits per heavy atom. The van der Waals surface area contributed by atoms with Crippen molar-refractivity contribution in [3.63, 3.8) is 0 Å². The van der Waals surface area contributed by atoms with Gasteiger partial charge in [0.05, 0.1) is 11.0 Å². The quantitative estimate of drug-likeness (QED) is 0.633. The van der Waals surface area contributed by atoms with Crippen molar-refractivity contribution < 1.29 is 22.8 Å². The fourth-order valence-corrected chi connectivity index (χ4v) is 3.11. The molecule has 155 valence electrons. The first-order valence-electron chi connectivity index (χ1n) is 8.45. The second-order valence-electron chi connectivity index (χ2n) is 6.73. The number of anilines is 2. The van der Waals surface area contributed by atoms with E-state index in [0.717, 1.165) is 35.7 Å². The largest absolute Gasteiger partial charge is 0.417 e. The van der Waals surface area contributed by atoms with Crippen molar-refractivity contribution in [3.8, 4) is 11.1 Å². The van der Waals surface area contributed by atoms with Gasteiger partial charge in [0, 0.05) is 42.7 Å². The zero-order valence-corrected chi connectivity index (χ0v) is 15.2. The van der Waals surface area contributed by atoms with Crippen molar-refractivity contribution in [2.24, 2.45) is 5.41 Å². The third-order valence-corrected chi connectivity index (χ3v) is 4.73.